The molecular weight excluding hydrogens is 308 g/mol. The molecule has 0 spiro atoms. The standard InChI is InChI=1S/C14H15ClN4OS/c1-8-7-21-14(16-8)9(2)19-11(6-15)17-10-4-5-12(20-3)18-13(10)19/h4-5,7,9H,6H2,1-3H3. The van der Waals surface area contributed by atoms with Gasteiger partial charge >= 0.3 is 0 Å². The molecular formula is C14H15ClN4OS. The van der Waals surface area contributed by atoms with Crippen LogP contribution >= 0.6 is 22.9 Å². The number of halogens is 1. The molecule has 5 nitrogen and oxygen atoms in total. The second kappa shape index (κ2) is 5.61. The molecule has 3 heterocycles. The lowest BCUT2D eigenvalue weighted by atomic mass is 10.3. The zero-order chi connectivity index (χ0) is 15.0. The number of methoxy groups -OCH3 is 1. The number of nitrogens with zero attached hydrogens (tertiary/aromatic N) is 4. The van der Waals surface area contributed by atoms with Crippen molar-refractivity contribution in [3.05, 3.63) is 34.0 Å². The Morgan fingerprint density at radius 3 is 2.76 bits per heavy atom. The molecule has 0 saturated carbocycles. The summed E-state index contributed by atoms with van der Waals surface area (Å²) in [5.41, 5.74) is 2.60. The Morgan fingerprint density at radius 2 is 2.14 bits per heavy atom. The first kappa shape index (κ1) is 14.3. The van der Waals surface area contributed by atoms with Crippen molar-refractivity contribution in [1.82, 2.24) is 19.5 Å². The van der Waals surface area contributed by atoms with Crippen LogP contribution in [0.4, 0.5) is 0 Å². The Morgan fingerprint density at radius 1 is 1.33 bits per heavy atom. The molecule has 0 radical (unpaired) electrons. The fraction of sp³-hybridized carbons (Fsp3) is 0.357. The van der Waals surface area contributed by atoms with Gasteiger partial charge in [-0.1, -0.05) is 0 Å². The molecule has 3 aromatic heterocycles. The third-order valence-electron chi connectivity index (χ3n) is 3.29. The largest absolute Gasteiger partial charge is 0.481 e. The minimum atomic E-state index is 0.0297. The van der Waals surface area contributed by atoms with Crippen molar-refractivity contribution in [3.8, 4) is 5.88 Å². The van der Waals surface area contributed by atoms with Gasteiger partial charge in [-0.2, -0.15) is 4.98 Å². The highest BCUT2D eigenvalue weighted by Gasteiger charge is 2.20. The van der Waals surface area contributed by atoms with Crippen molar-refractivity contribution in [1.29, 1.82) is 0 Å². The minimum absolute atomic E-state index is 0.0297. The summed E-state index contributed by atoms with van der Waals surface area (Å²) < 4.78 is 7.24. The summed E-state index contributed by atoms with van der Waals surface area (Å²) in [5, 5.41) is 3.06. The smallest absolute Gasteiger partial charge is 0.215 e. The third kappa shape index (κ3) is 2.49. The summed E-state index contributed by atoms with van der Waals surface area (Å²) in [4.78, 5) is 13.6. The minimum Gasteiger partial charge on any atom is -0.481 e. The lowest BCUT2D eigenvalue weighted by Gasteiger charge is -2.14. The fourth-order valence-corrected chi connectivity index (χ4v) is 3.32. The number of hydrogen-bond acceptors (Lipinski definition) is 5. The molecule has 1 unspecified atom stereocenters. The van der Waals surface area contributed by atoms with Gasteiger partial charge in [-0.25, -0.2) is 9.97 Å². The Hall–Kier alpha value is -1.66. The van der Waals surface area contributed by atoms with E-state index in [0.717, 1.165) is 27.7 Å². The Labute approximate surface area is 131 Å². The van der Waals surface area contributed by atoms with E-state index in [1.807, 2.05) is 22.9 Å². The van der Waals surface area contributed by atoms with Crippen molar-refractivity contribution in [2.75, 3.05) is 7.11 Å². The number of pyridine rings is 1. The second-order valence-electron chi connectivity index (χ2n) is 4.73. The van der Waals surface area contributed by atoms with Gasteiger partial charge in [0, 0.05) is 17.1 Å². The van der Waals surface area contributed by atoms with Crippen molar-refractivity contribution < 1.29 is 4.74 Å². The molecule has 0 bridgehead atoms. The number of alkyl halides is 1. The van der Waals surface area contributed by atoms with Gasteiger partial charge in [-0.3, -0.25) is 0 Å². The van der Waals surface area contributed by atoms with Crippen LogP contribution in [0.25, 0.3) is 11.2 Å². The Bertz CT molecular complexity index is 782. The number of rotatable bonds is 4. The highest BCUT2D eigenvalue weighted by Crippen LogP contribution is 2.28. The van der Waals surface area contributed by atoms with Crippen LogP contribution in [0.5, 0.6) is 5.88 Å². The van der Waals surface area contributed by atoms with Crippen LogP contribution < -0.4 is 4.74 Å². The quantitative estimate of drug-likeness (QED) is 0.689. The monoisotopic (exact) mass is 322 g/mol. The first-order valence-corrected chi connectivity index (χ1v) is 7.95. The molecule has 110 valence electrons. The zero-order valence-corrected chi connectivity index (χ0v) is 13.6. The maximum Gasteiger partial charge on any atom is 0.215 e. The number of aromatic nitrogens is 4. The van der Waals surface area contributed by atoms with Gasteiger partial charge in [0.25, 0.3) is 0 Å². The Kier molecular flexibility index (Phi) is 3.82. The molecule has 0 amide bonds. The maximum atomic E-state index is 6.05. The second-order valence-corrected chi connectivity index (χ2v) is 5.89. The van der Waals surface area contributed by atoms with Crippen LogP contribution in [0.1, 0.15) is 29.5 Å². The summed E-state index contributed by atoms with van der Waals surface area (Å²) in [6, 6.07) is 3.73. The molecule has 1 atom stereocenters. The van der Waals surface area contributed by atoms with E-state index >= 15 is 0 Å². The number of fused-ring (bicyclic) bond motifs is 1. The molecule has 3 rings (SSSR count). The molecule has 0 aliphatic heterocycles. The molecule has 0 aliphatic carbocycles. The average molecular weight is 323 g/mol. The maximum absolute atomic E-state index is 6.05. The van der Waals surface area contributed by atoms with Crippen LogP contribution in [0.15, 0.2) is 17.5 Å². The summed E-state index contributed by atoms with van der Waals surface area (Å²) in [7, 11) is 1.60. The van der Waals surface area contributed by atoms with Gasteiger partial charge in [0.15, 0.2) is 5.65 Å². The average Bonchev–Trinajstić information content (AvgIpc) is 3.08. The zero-order valence-electron chi connectivity index (χ0n) is 12.0. The molecule has 21 heavy (non-hydrogen) atoms. The van der Waals surface area contributed by atoms with Gasteiger partial charge in [0.1, 0.15) is 16.3 Å². The van der Waals surface area contributed by atoms with E-state index in [2.05, 4.69) is 21.9 Å². The van der Waals surface area contributed by atoms with E-state index in [1.54, 1.807) is 24.5 Å². The van der Waals surface area contributed by atoms with E-state index in [-0.39, 0.29) is 6.04 Å². The van der Waals surface area contributed by atoms with Gasteiger partial charge in [0.05, 0.1) is 19.0 Å². The van der Waals surface area contributed by atoms with Crippen molar-refractivity contribution in [2.24, 2.45) is 0 Å². The van der Waals surface area contributed by atoms with E-state index in [0.29, 0.717) is 11.8 Å². The number of aryl methyl sites for hydroxylation is 1. The lowest BCUT2D eigenvalue weighted by molar-refractivity contribution is 0.398. The predicted molar refractivity (Wildman–Crippen MR) is 84.3 cm³/mol. The van der Waals surface area contributed by atoms with E-state index in [9.17, 15) is 0 Å². The molecule has 3 aromatic rings. The number of thiazole rings is 1. The van der Waals surface area contributed by atoms with Gasteiger partial charge in [-0.05, 0) is 19.9 Å². The SMILES string of the molecule is COc1ccc2nc(CCl)n(C(C)c3nc(C)cs3)c2n1. The molecule has 7 heteroatoms. The first-order valence-electron chi connectivity index (χ1n) is 6.54. The van der Waals surface area contributed by atoms with Gasteiger partial charge in [0.2, 0.25) is 5.88 Å². The van der Waals surface area contributed by atoms with E-state index < -0.39 is 0 Å². The number of hydrogen-bond donors (Lipinski definition) is 0. The Balaban J connectivity index is 2.18. The number of imidazole rings is 1. The predicted octanol–water partition coefficient (Wildman–Crippen LogP) is 3.55. The first-order chi connectivity index (χ1) is 10.1. The molecule has 0 fully saturated rings. The summed E-state index contributed by atoms with van der Waals surface area (Å²) in [6.45, 7) is 4.07. The lowest BCUT2D eigenvalue weighted by Crippen LogP contribution is -2.10. The van der Waals surface area contributed by atoms with Crippen LogP contribution in [0, 0.1) is 6.92 Å². The van der Waals surface area contributed by atoms with Gasteiger partial charge < -0.3 is 9.30 Å². The molecule has 0 aromatic carbocycles. The summed E-state index contributed by atoms with van der Waals surface area (Å²) in [6.07, 6.45) is 0. The summed E-state index contributed by atoms with van der Waals surface area (Å²) >= 11 is 7.69. The van der Waals surface area contributed by atoms with Crippen LogP contribution in [-0.4, -0.2) is 26.6 Å². The molecule has 0 saturated heterocycles. The van der Waals surface area contributed by atoms with E-state index in [4.69, 9.17) is 16.3 Å². The normalized spacial score (nSPS) is 12.8. The third-order valence-corrected chi connectivity index (χ3v) is 4.67. The summed E-state index contributed by atoms with van der Waals surface area (Å²) in [5.74, 6) is 1.67. The van der Waals surface area contributed by atoms with E-state index in [1.165, 1.54) is 0 Å². The highest BCUT2D eigenvalue weighted by atomic mass is 35.5. The molecule has 0 aliphatic rings. The van der Waals surface area contributed by atoms with Gasteiger partial charge in [-0.15, -0.1) is 22.9 Å². The van der Waals surface area contributed by atoms with Crippen LogP contribution in [0.3, 0.4) is 0 Å². The van der Waals surface area contributed by atoms with Crippen molar-refractivity contribution >= 4 is 34.1 Å². The number of ether oxygens (including phenoxy) is 1. The van der Waals surface area contributed by atoms with Crippen molar-refractivity contribution in [3.63, 3.8) is 0 Å². The molecule has 0 N–H and O–H groups in total. The van der Waals surface area contributed by atoms with Crippen LogP contribution in [0.2, 0.25) is 0 Å². The fourth-order valence-electron chi connectivity index (χ4n) is 2.29. The topological polar surface area (TPSA) is 52.8 Å². The highest BCUT2D eigenvalue weighted by molar-refractivity contribution is 7.09. The van der Waals surface area contributed by atoms with Crippen molar-refractivity contribution in [2.45, 2.75) is 25.8 Å². The van der Waals surface area contributed by atoms with Crippen LogP contribution in [-0.2, 0) is 5.88 Å².